The summed E-state index contributed by atoms with van der Waals surface area (Å²) in [5, 5.41) is 10.7. The van der Waals surface area contributed by atoms with E-state index >= 15 is 0 Å². The molecule has 0 aliphatic heterocycles. The maximum atomic E-state index is 12.4. The fourth-order valence-corrected chi connectivity index (χ4v) is 3.94. The number of hydrogen-bond acceptors (Lipinski definition) is 4. The first-order chi connectivity index (χ1) is 9.72. The van der Waals surface area contributed by atoms with Gasteiger partial charge >= 0.3 is 5.97 Å². The molecule has 0 radical (unpaired) electrons. The molecule has 2 N–H and O–H groups in total. The van der Waals surface area contributed by atoms with Gasteiger partial charge in [0.05, 0.1) is 10.6 Å². The van der Waals surface area contributed by atoms with Crippen molar-refractivity contribution in [3.63, 3.8) is 0 Å². The topological polar surface area (TPSA) is 83.5 Å². The lowest BCUT2D eigenvalue weighted by Gasteiger charge is -2.10. The van der Waals surface area contributed by atoms with Crippen LogP contribution in [-0.2, 0) is 10.0 Å². The predicted octanol–water partition coefficient (Wildman–Crippen LogP) is 3.17. The van der Waals surface area contributed by atoms with E-state index < -0.39 is 16.0 Å². The van der Waals surface area contributed by atoms with Crippen molar-refractivity contribution in [3.05, 3.63) is 45.1 Å². The fraction of sp³-hybridized carbons (Fsp3) is 0.214. The number of anilines is 1. The molecule has 1 aromatic carbocycles. The molecule has 1 aromatic heterocycles. The zero-order chi connectivity index (χ0) is 15.8. The Hall–Kier alpha value is -1.86. The van der Waals surface area contributed by atoms with Crippen molar-refractivity contribution < 1.29 is 18.3 Å². The van der Waals surface area contributed by atoms with E-state index in [0.717, 1.165) is 22.5 Å². The summed E-state index contributed by atoms with van der Waals surface area (Å²) < 4.78 is 27.2. The van der Waals surface area contributed by atoms with Gasteiger partial charge in [0.2, 0.25) is 0 Å². The number of aromatic carboxylic acids is 1. The highest BCUT2D eigenvalue weighted by Crippen LogP contribution is 2.30. The van der Waals surface area contributed by atoms with Gasteiger partial charge in [-0.1, -0.05) is 6.07 Å². The van der Waals surface area contributed by atoms with Gasteiger partial charge < -0.3 is 5.11 Å². The van der Waals surface area contributed by atoms with Crippen LogP contribution in [0, 0.1) is 20.8 Å². The molecule has 0 bridgehead atoms. The molecule has 1 heterocycles. The predicted molar refractivity (Wildman–Crippen MR) is 82.7 cm³/mol. The number of thiophene rings is 1. The van der Waals surface area contributed by atoms with E-state index in [1.807, 2.05) is 13.8 Å². The summed E-state index contributed by atoms with van der Waals surface area (Å²) in [5.74, 6) is -1.15. The second-order valence-electron chi connectivity index (χ2n) is 4.78. The Labute approximate surface area is 127 Å². The van der Waals surface area contributed by atoms with Gasteiger partial charge in [-0.15, -0.1) is 11.3 Å². The molecule has 112 valence electrons. The molecule has 21 heavy (non-hydrogen) atoms. The Kier molecular flexibility index (Phi) is 4.06. The van der Waals surface area contributed by atoms with Crippen LogP contribution in [0.25, 0.3) is 0 Å². The average Bonchev–Trinajstić information content (AvgIpc) is 2.74. The van der Waals surface area contributed by atoms with E-state index in [-0.39, 0.29) is 15.5 Å². The highest BCUT2D eigenvalue weighted by molar-refractivity contribution is 7.92. The van der Waals surface area contributed by atoms with E-state index in [1.54, 1.807) is 24.4 Å². The first kappa shape index (κ1) is 15.5. The Morgan fingerprint density at radius 1 is 1.14 bits per heavy atom. The molecule has 2 rings (SSSR count). The minimum absolute atomic E-state index is 0.0140. The molecule has 0 spiro atoms. The van der Waals surface area contributed by atoms with Gasteiger partial charge in [0, 0.05) is 0 Å². The summed E-state index contributed by atoms with van der Waals surface area (Å²) in [6.45, 7) is 5.39. The summed E-state index contributed by atoms with van der Waals surface area (Å²) in [5.41, 5.74) is 2.57. The smallest absolute Gasteiger partial charge is 0.348 e. The van der Waals surface area contributed by atoms with Crippen LogP contribution in [0.3, 0.4) is 0 Å². The van der Waals surface area contributed by atoms with Crippen molar-refractivity contribution in [1.82, 2.24) is 0 Å². The molecular formula is C14H15NO4S2. The highest BCUT2D eigenvalue weighted by atomic mass is 32.2. The van der Waals surface area contributed by atoms with Crippen molar-refractivity contribution in [2.45, 2.75) is 25.7 Å². The van der Waals surface area contributed by atoms with Crippen LogP contribution in [0.5, 0.6) is 0 Å². The highest BCUT2D eigenvalue weighted by Gasteiger charge is 2.22. The van der Waals surface area contributed by atoms with Crippen molar-refractivity contribution in [2.24, 2.45) is 0 Å². The van der Waals surface area contributed by atoms with E-state index in [4.69, 9.17) is 5.11 Å². The van der Waals surface area contributed by atoms with Gasteiger partial charge in [-0.25, -0.2) is 13.2 Å². The van der Waals surface area contributed by atoms with Crippen LogP contribution in [-0.4, -0.2) is 19.5 Å². The SMILES string of the molecule is Cc1ccc(S(=O)(=O)Nc2c(C)csc2C(=O)O)cc1C. The number of aryl methyl sites for hydroxylation is 3. The van der Waals surface area contributed by atoms with Gasteiger partial charge in [0.15, 0.2) is 0 Å². The van der Waals surface area contributed by atoms with Crippen molar-refractivity contribution in [1.29, 1.82) is 0 Å². The second-order valence-corrected chi connectivity index (χ2v) is 7.34. The molecule has 0 saturated carbocycles. The van der Waals surface area contributed by atoms with Crippen LogP contribution in [0.2, 0.25) is 0 Å². The Bertz CT molecular complexity index is 806. The van der Waals surface area contributed by atoms with Crippen LogP contribution in [0.1, 0.15) is 26.4 Å². The lowest BCUT2D eigenvalue weighted by atomic mass is 10.1. The normalized spacial score (nSPS) is 11.4. The summed E-state index contributed by atoms with van der Waals surface area (Å²) in [4.78, 5) is 11.2. The molecule has 5 nitrogen and oxygen atoms in total. The number of carboxylic acid groups (broad SMARTS) is 1. The van der Waals surface area contributed by atoms with Gasteiger partial charge in [0.1, 0.15) is 4.88 Å². The average molecular weight is 325 g/mol. The first-order valence-electron chi connectivity index (χ1n) is 6.14. The summed E-state index contributed by atoms with van der Waals surface area (Å²) in [6.07, 6.45) is 0. The third-order valence-corrected chi connectivity index (χ3v) is 5.63. The van der Waals surface area contributed by atoms with E-state index in [0.29, 0.717) is 5.56 Å². The monoisotopic (exact) mass is 325 g/mol. The van der Waals surface area contributed by atoms with Crippen LogP contribution in [0.4, 0.5) is 5.69 Å². The molecular weight excluding hydrogens is 310 g/mol. The lowest BCUT2D eigenvalue weighted by Crippen LogP contribution is -2.15. The number of nitrogens with one attached hydrogen (secondary N) is 1. The minimum Gasteiger partial charge on any atom is -0.477 e. The third-order valence-electron chi connectivity index (χ3n) is 3.19. The molecule has 0 unspecified atom stereocenters. The molecule has 0 amide bonds. The molecule has 0 saturated heterocycles. The molecule has 0 aliphatic carbocycles. The number of carboxylic acids is 1. The zero-order valence-corrected chi connectivity index (χ0v) is 13.4. The molecule has 7 heteroatoms. The summed E-state index contributed by atoms with van der Waals surface area (Å²) >= 11 is 0.999. The fourth-order valence-electron chi connectivity index (χ4n) is 1.80. The Morgan fingerprint density at radius 2 is 1.81 bits per heavy atom. The van der Waals surface area contributed by atoms with Gasteiger partial charge in [-0.05, 0) is 55.0 Å². The molecule has 0 fully saturated rings. The lowest BCUT2D eigenvalue weighted by molar-refractivity contribution is 0.0703. The Balaban J connectivity index is 2.44. The summed E-state index contributed by atoms with van der Waals surface area (Å²) in [7, 11) is -3.81. The van der Waals surface area contributed by atoms with Crippen molar-refractivity contribution in [2.75, 3.05) is 4.72 Å². The number of rotatable bonds is 4. The first-order valence-corrected chi connectivity index (χ1v) is 8.50. The standard InChI is InChI=1S/C14H15NO4S2/c1-8-4-5-11(6-9(8)2)21(18,19)15-12-10(3)7-20-13(12)14(16)17/h4-7,15H,1-3H3,(H,16,17). The second kappa shape index (κ2) is 5.50. The van der Waals surface area contributed by atoms with Gasteiger partial charge in [0.25, 0.3) is 10.0 Å². The number of hydrogen-bond donors (Lipinski definition) is 2. The van der Waals surface area contributed by atoms with Crippen molar-refractivity contribution in [3.8, 4) is 0 Å². The van der Waals surface area contributed by atoms with Crippen molar-refractivity contribution >= 4 is 33.0 Å². The molecule has 0 atom stereocenters. The number of sulfonamides is 1. The maximum absolute atomic E-state index is 12.4. The number of benzene rings is 1. The number of carbonyl (C=O) groups is 1. The van der Waals surface area contributed by atoms with E-state index in [1.165, 1.54) is 6.07 Å². The minimum atomic E-state index is -3.81. The van der Waals surface area contributed by atoms with Gasteiger partial charge in [-0.2, -0.15) is 0 Å². The third kappa shape index (κ3) is 3.08. The van der Waals surface area contributed by atoms with E-state index in [2.05, 4.69) is 4.72 Å². The summed E-state index contributed by atoms with van der Waals surface area (Å²) in [6, 6.07) is 4.80. The molecule has 0 aliphatic rings. The molecule has 2 aromatic rings. The van der Waals surface area contributed by atoms with Crippen LogP contribution >= 0.6 is 11.3 Å². The van der Waals surface area contributed by atoms with E-state index in [9.17, 15) is 13.2 Å². The van der Waals surface area contributed by atoms with Crippen LogP contribution < -0.4 is 4.72 Å². The van der Waals surface area contributed by atoms with Crippen LogP contribution in [0.15, 0.2) is 28.5 Å². The quantitative estimate of drug-likeness (QED) is 0.904. The Morgan fingerprint density at radius 3 is 2.38 bits per heavy atom. The zero-order valence-electron chi connectivity index (χ0n) is 11.8. The maximum Gasteiger partial charge on any atom is 0.348 e. The van der Waals surface area contributed by atoms with Gasteiger partial charge in [-0.3, -0.25) is 4.72 Å². The largest absolute Gasteiger partial charge is 0.477 e.